The van der Waals surface area contributed by atoms with E-state index in [1.165, 1.54) is 37.2 Å². The third kappa shape index (κ3) is 4.42. The number of rotatable bonds is 2. The van der Waals surface area contributed by atoms with Crippen LogP contribution in [0.25, 0.3) is 0 Å². The van der Waals surface area contributed by atoms with Gasteiger partial charge in [0, 0.05) is 24.8 Å². The Hall–Kier alpha value is -3.21. The van der Waals surface area contributed by atoms with Crippen molar-refractivity contribution >= 4 is 29.1 Å². The summed E-state index contributed by atoms with van der Waals surface area (Å²) >= 11 is 4.87. The average molecular weight is 318 g/mol. The molecular formula is C11H10N8O2S. The molecule has 0 aliphatic heterocycles. The van der Waals surface area contributed by atoms with Gasteiger partial charge in [-0.25, -0.2) is 9.97 Å². The third-order valence-corrected chi connectivity index (χ3v) is 2.37. The summed E-state index contributed by atoms with van der Waals surface area (Å²) in [5.41, 5.74) is 9.58. The summed E-state index contributed by atoms with van der Waals surface area (Å²) in [6, 6.07) is 0. The highest BCUT2D eigenvalue weighted by molar-refractivity contribution is 7.80. The first-order valence-corrected chi connectivity index (χ1v) is 6.26. The number of aromatic nitrogens is 4. The zero-order chi connectivity index (χ0) is 15.8. The number of carbonyl (C=O) groups excluding carboxylic acids is 2. The van der Waals surface area contributed by atoms with E-state index < -0.39 is 11.8 Å². The molecule has 0 spiro atoms. The molecule has 112 valence electrons. The number of hydrazine groups is 2. The number of thiocarbonyl (C=S) groups is 1. The highest BCUT2D eigenvalue weighted by Crippen LogP contribution is 1.89. The second-order valence-electron chi connectivity index (χ2n) is 3.67. The van der Waals surface area contributed by atoms with Gasteiger partial charge < -0.3 is 0 Å². The second-order valence-corrected chi connectivity index (χ2v) is 4.08. The zero-order valence-electron chi connectivity index (χ0n) is 11.0. The van der Waals surface area contributed by atoms with E-state index in [0.717, 1.165) is 0 Å². The number of nitrogens with zero attached hydrogens (tertiary/aromatic N) is 4. The molecule has 22 heavy (non-hydrogen) atoms. The first-order valence-electron chi connectivity index (χ1n) is 5.85. The Kier molecular flexibility index (Phi) is 5.20. The Morgan fingerprint density at radius 3 is 1.59 bits per heavy atom. The van der Waals surface area contributed by atoms with E-state index in [4.69, 9.17) is 12.2 Å². The Morgan fingerprint density at radius 2 is 1.23 bits per heavy atom. The number of nitrogens with one attached hydrogen (secondary N) is 4. The lowest BCUT2D eigenvalue weighted by Gasteiger charge is -2.11. The molecule has 0 unspecified atom stereocenters. The van der Waals surface area contributed by atoms with E-state index in [0.29, 0.717) is 0 Å². The van der Waals surface area contributed by atoms with E-state index in [9.17, 15) is 9.59 Å². The lowest BCUT2D eigenvalue weighted by Crippen LogP contribution is -2.52. The maximum absolute atomic E-state index is 11.6. The van der Waals surface area contributed by atoms with Crippen molar-refractivity contribution in [1.29, 1.82) is 0 Å². The smallest absolute Gasteiger partial charge is 0.273 e. The highest BCUT2D eigenvalue weighted by atomic mass is 32.1. The van der Waals surface area contributed by atoms with Crippen LogP contribution in [0, 0.1) is 0 Å². The summed E-state index contributed by atoms with van der Waals surface area (Å²) in [6.45, 7) is 0. The van der Waals surface area contributed by atoms with Crippen molar-refractivity contribution in [2.45, 2.75) is 0 Å². The van der Waals surface area contributed by atoms with Crippen LogP contribution < -0.4 is 21.7 Å². The number of carbonyl (C=O) groups is 2. The van der Waals surface area contributed by atoms with Gasteiger partial charge in [-0.2, -0.15) is 0 Å². The molecule has 2 heterocycles. The molecule has 0 saturated heterocycles. The molecule has 0 atom stereocenters. The van der Waals surface area contributed by atoms with Crippen molar-refractivity contribution in [3.63, 3.8) is 0 Å². The monoisotopic (exact) mass is 318 g/mol. The molecular weight excluding hydrogens is 308 g/mol. The summed E-state index contributed by atoms with van der Waals surface area (Å²) in [5, 5.41) is -0.0329. The number of hydrogen-bond acceptors (Lipinski definition) is 7. The normalized spacial score (nSPS) is 9.45. The molecule has 10 nitrogen and oxygen atoms in total. The van der Waals surface area contributed by atoms with Gasteiger partial charge in [0.25, 0.3) is 11.8 Å². The van der Waals surface area contributed by atoms with Crippen LogP contribution in [-0.2, 0) is 0 Å². The standard InChI is InChI=1S/C11H10N8O2S/c20-9(7-5-12-1-3-14-7)16-18-11(22)19-17-10(21)8-6-13-2-4-15-8/h1-6H,(H,16,20)(H,17,21)(H2,18,19,22). The fourth-order valence-electron chi connectivity index (χ4n) is 1.22. The molecule has 0 fully saturated rings. The van der Waals surface area contributed by atoms with Crippen molar-refractivity contribution in [2.75, 3.05) is 0 Å². The first kappa shape index (κ1) is 15.2. The van der Waals surface area contributed by atoms with E-state index >= 15 is 0 Å². The van der Waals surface area contributed by atoms with Gasteiger partial charge in [-0.1, -0.05) is 0 Å². The van der Waals surface area contributed by atoms with Crippen molar-refractivity contribution in [1.82, 2.24) is 41.6 Å². The van der Waals surface area contributed by atoms with Crippen LogP contribution in [0.2, 0.25) is 0 Å². The van der Waals surface area contributed by atoms with Gasteiger partial charge in [0.1, 0.15) is 11.4 Å². The molecule has 2 aromatic rings. The highest BCUT2D eigenvalue weighted by Gasteiger charge is 2.08. The van der Waals surface area contributed by atoms with Crippen molar-refractivity contribution in [2.24, 2.45) is 0 Å². The van der Waals surface area contributed by atoms with Gasteiger partial charge in [0.2, 0.25) is 5.11 Å². The second kappa shape index (κ2) is 7.54. The van der Waals surface area contributed by atoms with Gasteiger partial charge >= 0.3 is 0 Å². The molecule has 0 radical (unpaired) electrons. The largest absolute Gasteiger partial charge is 0.289 e. The van der Waals surface area contributed by atoms with Gasteiger partial charge in [0.05, 0.1) is 12.4 Å². The van der Waals surface area contributed by atoms with Crippen molar-refractivity contribution in [3.8, 4) is 0 Å². The maximum Gasteiger partial charge on any atom is 0.289 e. The Labute approximate surface area is 129 Å². The Bertz CT molecular complexity index is 609. The fraction of sp³-hybridized carbons (Fsp3) is 0. The van der Waals surface area contributed by atoms with Crippen molar-refractivity contribution < 1.29 is 9.59 Å². The number of hydrogen-bond donors (Lipinski definition) is 4. The van der Waals surface area contributed by atoms with Gasteiger partial charge in [-0.3, -0.25) is 41.3 Å². The van der Waals surface area contributed by atoms with Crippen LogP contribution in [0.1, 0.15) is 21.0 Å². The molecule has 2 aromatic heterocycles. The molecule has 2 rings (SSSR count). The summed E-state index contributed by atoms with van der Waals surface area (Å²) in [7, 11) is 0. The Morgan fingerprint density at radius 1 is 0.773 bits per heavy atom. The third-order valence-electron chi connectivity index (χ3n) is 2.17. The quantitative estimate of drug-likeness (QED) is 0.394. The molecule has 11 heteroatoms. The minimum atomic E-state index is -0.530. The van der Waals surface area contributed by atoms with E-state index in [-0.39, 0.29) is 16.5 Å². The average Bonchev–Trinajstić information content (AvgIpc) is 2.59. The predicted octanol–water partition coefficient (Wildman–Crippen LogP) is -1.28. The van der Waals surface area contributed by atoms with E-state index in [2.05, 4.69) is 41.6 Å². The number of amides is 2. The lowest BCUT2D eigenvalue weighted by atomic mass is 10.4. The minimum Gasteiger partial charge on any atom is -0.273 e. The van der Waals surface area contributed by atoms with Crippen LogP contribution >= 0.6 is 12.2 Å². The van der Waals surface area contributed by atoms with E-state index in [1.54, 1.807) is 0 Å². The van der Waals surface area contributed by atoms with Crippen LogP contribution in [-0.4, -0.2) is 36.9 Å². The predicted molar refractivity (Wildman–Crippen MR) is 77.9 cm³/mol. The molecule has 0 aliphatic rings. The summed E-state index contributed by atoms with van der Waals surface area (Å²) in [6.07, 6.45) is 8.24. The van der Waals surface area contributed by atoms with Crippen LogP contribution in [0.5, 0.6) is 0 Å². The summed E-state index contributed by atoms with van der Waals surface area (Å²) in [5.74, 6) is -1.06. The van der Waals surface area contributed by atoms with Crippen LogP contribution in [0.3, 0.4) is 0 Å². The summed E-state index contributed by atoms with van der Waals surface area (Å²) in [4.78, 5) is 38.4. The zero-order valence-corrected chi connectivity index (χ0v) is 11.8. The molecule has 0 saturated carbocycles. The topological polar surface area (TPSA) is 134 Å². The van der Waals surface area contributed by atoms with Gasteiger partial charge in [-0.15, -0.1) is 0 Å². The molecule has 2 amide bonds. The van der Waals surface area contributed by atoms with Crippen molar-refractivity contribution in [3.05, 3.63) is 48.6 Å². The lowest BCUT2D eigenvalue weighted by molar-refractivity contribution is 0.0938. The minimum absolute atomic E-state index is 0.0329. The van der Waals surface area contributed by atoms with Gasteiger partial charge in [0.15, 0.2) is 0 Å². The molecule has 0 aromatic carbocycles. The van der Waals surface area contributed by atoms with Crippen LogP contribution in [0.4, 0.5) is 0 Å². The summed E-state index contributed by atoms with van der Waals surface area (Å²) < 4.78 is 0. The maximum atomic E-state index is 11.6. The van der Waals surface area contributed by atoms with Crippen LogP contribution in [0.15, 0.2) is 37.2 Å². The van der Waals surface area contributed by atoms with Gasteiger partial charge in [-0.05, 0) is 12.2 Å². The fourth-order valence-corrected chi connectivity index (χ4v) is 1.32. The van der Waals surface area contributed by atoms with E-state index in [1.807, 2.05) is 0 Å². The molecule has 0 aliphatic carbocycles. The molecule has 0 bridgehead atoms. The first-order chi connectivity index (χ1) is 10.7. The molecule has 4 N–H and O–H groups in total. The Balaban J connectivity index is 1.74. The SMILES string of the molecule is O=C(NNC(=S)NNC(=O)c1cnccn1)c1cnccn1.